The van der Waals surface area contributed by atoms with Gasteiger partial charge in [0.2, 0.25) is 0 Å². The molecular weight excluding hydrogens is 308 g/mol. The minimum absolute atomic E-state index is 0.00227. The molecule has 0 unspecified atom stereocenters. The summed E-state index contributed by atoms with van der Waals surface area (Å²) in [6.45, 7) is 5.21. The van der Waals surface area contributed by atoms with Crippen LogP contribution in [0.3, 0.4) is 0 Å². The second kappa shape index (κ2) is 6.09. The average Bonchev–Trinajstić information content (AvgIpc) is 3.18. The van der Waals surface area contributed by atoms with E-state index >= 15 is 0 Å². The van der Waals surface area contributed by atoms with Gasteiger partial charge >= 0.3 is 6.03 Å². The number of urea groups is 1. The fourth-order valence-corrected chi connectivity index (χ4v) is 4.63. The van der Waals surface area contributed by atoms with Gasteiger partial charge in [-0.25, -0.2) is 9.78 Å². The van der Waals surface area contributed by atoms with Gasteiger partial charge in [0.05, 0.1) is 10.2 Å². The molecule has 6 heteroatoms. The molecule has 2 aromatic rings. The van der Waals surface area contributed by atoms with E-state index < -0.39 is 0 Å². The molecule has 5 nitrogen and oxygen atoms in total. The number of nitrogens with zero attached hydrogens (tertiary/aromatic N) is 3. The van der Waals surface area contributed by atoms with Crippen LogP contribution in [0.1, 0.15) is 26.2 Å². The van der Waals surface area contributed by atoms with Gasteiger partial charge in [-0.15, -0.1) is 0 Å². The lowest BCUT2D eigenvalue weighted by molar-refractivity contribution is 0.0767. The van der Waals surface area contributed by atoms with Crippen LogP contribution in [0.4, 0.5) is 9.93 Å². The van der Waals surface area contributed by atoms with Crippen molar-refractivity contribution in [2.45, 2.75) is 38.3 Å². The largest absolute Gasteiger partial charge is 0.323 e. The number of carbonyl (C=O) groups is 1. The van der Waals surface area contributed by atoms with E-state index in [1.807, 2.05) is 29.2 Å². The van der Waals surface area contributed by atoms with Crippen LogP contribution in [-0.4, -0.2) is 52.5 Å². The van der Waals surface area contributed by atoms with Gasteiger partial charge in [0.25, 0.3) is 0 Å². The zero-order valence-corrected chi connectivity index (χ0v) is 14.2. The highest BCUT2D eigenvalue weighted by molar-refractivity contribution is 7.22. The Morgan fingerprint density at radius 2 is 2.26 bits per heavy atom. The maximum absolute atomic E-state index is 12.8. The molecule has 2 aliphatic rings. The summed E-state index contributed by atoms with van der Waals surface area (Å²) in [5.74, 6) is 0. The summed E-state index contributed by atoms with van der Waals surface area (Å²) >= 11 is 1.54. The Kier molecular flexibility index (Phi) is 3.95. The predicted octanol–water partition coefficient (Wildman–Crippen LogP) is 3.39. The highest BCUT2D eigenvalue weighted by Gasteiger charge is 2.37. The monoisotopic (exact) mass is 330 g/mol. The molecule has 122 valence electrons. The van der Waals surface area contributed by atoms with Crippen molar-refractivity contribution in [1.82, 2.24) is 14.8 Å². The number of piperazine rings is 1. The molecule has 0 bridgehead atoms. The van der Waals surface area contributed by atoms with Gasteiger partial charge in [0.15, 0.2) is 5.13 Å². The Bertz CT molecular complexity index is 682. The van der Waals surface area contributed by atoms with Crippen molar-refractivity contribution in [2.24, 2.45) is 0 Å². The summed E-state index contributed by atoms with van der Waals surface area (Å²) in [5.41, 5.74) is 0.945. The topological polar surface area (TPSA) is 48.5 Å². The van der Waals surface area contributed by atoms with Gasteiger partial charge in [-0.05, 0) is 37.9 Å². The number of hydrogen-bond acceptors (Lipinski definition) is 4. The lowest BCUT2D eigenvalue weighted by Crippen LogP contribution is -2.58. The number of benzene rings is 1. The van der Waals surface area contributed by atoms with Crippen LogP contribution < -0.4 is 5.32 Å². The summed E-state index contributed by atoms with van der Waals surface area (Å²) < 4.78 is 1.11. The molecule has 0 spiro atoms. The van der Waals surface area contributed by atoms with E-state index in [4.69, 9.17) is 0 Å². The summed E-state index contributed by atoms with van der Waals surface area (Å²) in [4.78, 5) is 21.9. The van der Waals surface area contributed by atoms with E-state index in [1.54, 1.807) is 0 Å². The second-order valence-electron chi connectivity index (χ2n) is 6.42. The summed E-state index contributed by atoms with van der Waals surface area (Å²) in [7, 11) is 0. The molecule has 0 radical (unpaired) electrons. The van der Waals surface area contributed by atoms with E-state index in [9.17, 15) is 4.79 Å². The van der Waals surface area contributed by atoms with E-state index in [0.29, 0.717) is 17.2 Å². The molecule has 2 aliphatic heterocycles. The van der Waals surface area contributed by atoms with E-state index in [0.717, 1.165) is 29.7 Å². The van der Waals surface area contributed by atoms with Crippen LogP contribution in [0, 0.1) is 0 Å². The predicted molar refractivity (Wildman–Crippen MR) is 94.0 cm³/mol. The quantitative estimate of drug-likeness (QED) is 0.918. The van der Waals surface area contributed by atoms with E-state index in [1.165, 1.54) is 30.7 Å². The van der Waals surface area contributed by atoms with E-state index in [2.05, 4.69) is 22.1 Å². The zero-order chi connectivity index (χ0) is 15.8. The number of nitrogens with one attached hydrogen (secondary N) is 1. The van der Waals surface area contributed by atoms with Gasteiger partial charge < -0.3 is 4.90 Å². The molecule has 2 fully saturated rings. The van der Waals surface area contributed by atoms with Crippen molar-refractivity contribution in [3.8, 4) is 0 Å². The summed E-state index contributed by atoms with van der Waals surface area (Å²) in [6, 6.07) is 8.83. The van der Waals surface area contributed by atoms with Gasteiger partial charge in [-0.2, -0.15) is 0 Å². The highest BCUT2D eigenvalue weighted by Crippen LogP contribution is 2.28. The van der Waals surface area contributed by atoms with E-state index in [-0.39, 0.29) is 6.03 Å². The molecule has 1 aromatic carbocycles. The summed E-state index contributed by atoms with van der Waals surface area (Å²) in [5, 5.41) is 3.72. The number of amides is 2. The molecule has 0 saturated carbocycles. The van der Waals surface area contributed by atoms with Crippen molar-refractivity contribution >= 4 is 32.7 Å². The molecule has 3 heterocycles. The molecule has 2 saturated heterocycles. The zero-order valence-electron chi connectivity index (χ0n) is 13.4. The van der Waals surface area contributed by atoms with Gasteiger partial charge in [-0.3, -0.25) is 10.2 Å². The van der Waals surface area contributed by atoms with Crippen LogP contribution >= 0.6 is 11.3 Å². The third kappa shape index (κ3) is 2.81. The van der Waals surface area contributed by atoms with Crippen LogP contribution in [-0.2, 0) is 0 Å². The standard InChI is InChI=1S/C17H22N4OS/c1-2-12-10-20-9-5-6-13(20)11-21(12)17(22)19-16-18-14-7-3-4-8-15(14)23-16/h3-4,7-8,12-13H,2,5-6,9-11H2,1H3,(H,18,19,22)/t12-,13+/m0/s1. The smallest absolute Gasteiger partial charge is 0.319 e. The van der Waals surface area contributed by atoms with Gasteiger partial charge in [0.1, 0.15) is 0 Å². The number of fused-ring (bicyclic) bond motifs is 2. The third-order valence-corrected chi connectivity index (χ3v) is 5.98. The number of carbonyl (C=O) groups excluding carboxylic acids is 1. The van der Waals surface area contributed by atoms with Crippen molar-refractivity contribution in [2.75, 3.05) is 25.0 Å². The molecular formula is C17H22N4OS. The SMILES string of the molecule is CC[C@H]1CN2CCC[C@@H]2CN1C(=O)Nc1nc2ccccc2s1. The number of thiazole rings is 1. The molecule has 4 rings (SSSR count). The Balaban J connectivity index is 1.50. The number of hydrogen-bond donors (Lipinski definition) is 1. The van der Waals surface area contributed by atoms with Crippen LogP contribution in [0.5, 0.6) is 0 Å². The normalized spacial score (nSPS) is 24.8. The molecule has 2 amide bonds. The first-order valence-electron chi connectivity index (χ1n) is 8.42. The van der Waals surface area contributed by atoms with Crippen LogP contribution in [0.25, 0.3) is 10.2 Å². The van der Waals surface area contributed by atoms with Gasteiger partial charge in [-0.1, -0.05) is 30.4 Å². The third-order valence-electron chi connectivity index (χ3n) is 5.03. The molecule has 2 atom stereocenters. The minimum atomic E-state index is 0.00227. The lowest BCUT2D eigenvalue weighted by atomic mass is 10.1. The summed E-state index contributed by atoms with van der Waals surface area (Å²) in [6.07, 6.45) is 3.46. The minimum Gasteiger partial charge on any atom is -0.319 e. The number of para-hydroxylation sites is 1. The lowest BCUT2D eigenvalue weighted by Gasteiger charge is -2.43. The first kappa shape index (κ1) is 14.9. The molecule has 1 aromatic heterocycles. The average molecular weight is 330 g/mol. The molecule has 23 heavy (non-hydrogen) atoms. The molecule has 1 N–H and O–H groups in total. The maximum Gasteiger partial charge on any atom is 0.323 e. The Labute approximate surface area is 140 Å². The van der Waals surface area contributed by atoms with Gasteiger partial charge in [0, 0.05) is 25.2 Å². The first-order valence-corrected chi connectivity index (χ1v) is 9.23. The Morgan fingerprint density at radius 3 is 3.09 bits per heavy atom. The number of aromatic nitrogens is 1. The van der Waals surface area contributed by atoms with Crippen molar-refractivity contribution in [1.29, 1.82) is 0 Å². The number of anilines is 1. The molecule has 0 aliphatic carbocycles. The second-order valence-corrected chi connectivity index (χ2v) is 7.45. The number of rotatable bonds is 2. The van der Waals surface area contributed by atoms with Crippen molar-refractivity contribution in [3.63, 3.8) is 0 Å². The Morgan fingerprint density at radius 1 is 1.39 bits per heavy atom. The van der Waals surface area contributed by atoms with Crippen LogP contribution in [0.2, 0.25) is 0 Å². The van der Waals surface area contributed by atoms with Crippen molar-refractivity contribution in [3.05, 3.63) is 24.3 Å². The highest BCUT2D eigenvalue weighted by atomic mass is 32.1. The van der Waals surface area contributed by atoms with Crippen LogP contribution in [0.15, 0.2) is 24.3 Å². The fraction of sp³-hybridized carbons (Fsp3) is 0.529. The maximum atomic E-state index is 12.8. The fourth-order valence-electron chi connectivity index (χ4n) is 3.77. The Hall–Kier alpha value is -1.66. The first-order chi connectivity index (χ1) is 11.2. The van der Waals surface area contributed by atoms with Crippen molar-refractivity contribution < 1.29 is 4.79 Å².